The van der Waals surface area contributed by atoms with Crippen molar-refractivity contribution in [2.24, 2.45) is 5.92 Å². The van der Waals surface area contributed by atoms with Crippen LogP contribution in [0.4, 0.5) is 0 Å². The molecule has 0 saturated carbocycles. The normalized spacial score (nSPS) is 17.1. The number of nitrogens with zero attached hydrogens (tertiary/aromatic N) is 1. The Labute approximate surface area is 126 Å². The van der Waals surface area contributed by atoms with Gasteiger partial charge in [0.1, 0.15) is 0 Å². The summed E-state index contributed by atoms with van der Waals surface area (Å²) in [5.41, 5.74) is 2.60. The Morgan fingerprint density at radius 2 is 2.10 bits per heavy atom. The maximum absolute atomic E-state index is 11.4. The van der Waals surface area contributed by atoms with Gasteiger partial charge in [-0.05, 0) is 62.0 Å². The Kier molecular flexibility index (Phi) is 5.44. The lowest BCUT2D eigenvalue weighted by Crippen LogP contribution is -2.35. The van der Waals surface area contributed by atoms with Crippen molar-refractivity contribution < 1.29 is 4.79 Å². The number of likely N-dealkylation sites (tertiary alicyclic amines) is 1. The summed E-state index contributed by atoms with van der Waals surface area (Å²) in [5.74, 6) is 0.703. The van der Waals surface area contributed by atoms with Crippen LogP contribution in [0.1, 0.15) is 30.4 Å². The predicted molar refractivity (Wildman–Crippen MR) is 82.9 cm³/mol. The molecule has 1 aliphatic rings. The van der Waals surface area contributed by atoms with Crippen molar-refractivity contribution in [1.29, 1.82) is 0 Å². The molecule has 1 fully saturated rings. The van der Waals surface area contributed by atoms with Crippen molar-refractivity contribution in [1.82, 2.24) is 10.2 Å². The average Bonchev–Trinajstić information content (AvgIpc) is 2.44. The zero-order valence-electron chi connectivity index (χ0n) is 12.3. The number of benzene rings is 1. The molecule has 1 amide bonds. The molecule has 0 aliphatic carbocycles. The molecule has 1 aromatic rings. The zero-order chi connectivity index (χ0) is 14.5. The summed E-state index contributed by atoms with van der Waals surface area (Å²) in [4.78, 5) is 13.9. The molecule has 20 heavy (non-hydrogen) atoms. The fraction of sp³-hybridized carbons (Fsp3) is 0.562. The Bertz CT molecular complexity index is 468. The van der Waals surface area contributed by atoms with Crippen LogP contribution in [0.2, 0.25) is 5.02 Å². The average molecular weight is 295 g/mol. The fourth-order valence-electron chi connectivity index (χ4n) is 2.79. The van der Waals surface area contributed by atoms with Gasteiger partial charge in [-0.25, -0.2) is 0 Å². The number of hydrogen-bond donors (Lipinski definition) is 1. The van der Waals surface area contributed by atoms with E-state index in [1.807, 2.05) is 12.1 Å². The molecular weight excluding hydrogens is 272 g/mol. The van der Waals surface area contributed by atoms with Gasteiger partial charge >= 0.3 is 0 Å². The molecule has 1 saturated heterocycles. The third-order valence-corrected chi connectivity index (χ3v) is 4.39. The summed E-state index contributed by atoms with van der Waals surface area (Å²) in [6.07, 6.45) is 2.89. The van der Waals surface area contributed by atoms with E-state index in [1.165, 1.54) is 11.1 Å². The van der Waals surface area contributed by atoms with Crippen molar-refractivity contribution in [2.75, 3.05) is 20.1 Å². The number of piperidine rings is 1. The molecule has 0 radical (unpaired) electrons. The monoisotopic (exact) mass is 294 g/mol. The molecule has 0 aromatic heterocycles. The first-order valence-electron chi connectivity index (χ1n) is 7.26. The molecule has 110 valence electrons. The van der Waals surface area contributed by atoms with E-state index in [9.17, 15) is 4.79 Å². The Balaban J connectivity index is 1.83. The molecule has 3 nitrogen and oxygen atoms in total. The minimum atomic E-state index is 0.164. The van der Waals surface area contributed by atoms with Gasteiger partial charge in [0.2, 0.25) is 5.91 Å². The number of carbonyl (C=O) groups excluding carboxylic acids is 1. The molecule has 0 spiro atoms. The Hall–Kier alpha value is -1.06. The van der Waals surface area contributed by atoms with Gasteiger partial charge in [-0.15, -0.1) is 0 Å². The van der Waals surface area contributed by atoms with Crippen LogP contribution in [0.25, 0.3) is 0 Å². The third kappa shape index (κ3) is 4.22. The van der Waals surface area contributed by atoms with Crippen molar-refractivity contribution >= 4 is 17.5 Å². The van der Waals surface area contributed by atoms with Gasteiger partial charge in [-0.2, -0.15) is 0 Å². The van der Waals surface area contributed by atoms with Crippen LogP contribution < -0.4 is 5.32 Å². The van der Waals surface area contributed by atoms with Crippen LogP contribution >= 0.6 is 11.6 Å². The molecule has 1 aromatic carbocycles. The van der Waals surface area contributed by atoms with Crippen LogP contribution in [0.15, 0.2) is 18.2 Å². The van der Waals surface area contributed by atoms with Gasteiger partial charge in [0.05, 0.1) is 0 Å². The predicted octanol–water partition coefficient (Wildman–Crippen LogP) is 3.00. The lowest BCUT2D eigenvalue weighted by Gasteiger charge is -2.32. The standard InChI is InChI=1S/C16H23ClN2O/c1-12-9-15(17)4-3-14(12)11-19-7-5-13(6-8-19)10-16(20)18-2/h3-4,9,13H,5-8,10-11H2,1-2H3,(H,18,20). The van der Waals surface area contributed by atoms with Crippen LogP contribution in [-0.2, 0) is 11.3 Å². The van der Waals surface area contributed by atoms with E-state index in [1.54, 1.807) is 7.05 Å². The first-order valence-corrected chi connectivity index (χ1v) is 7.64. The number of amides is 1. The van der Waals surface area contributed by atoms with Gasteiger partial charge in [-0.3, -0.25) is 9.69 Å². The van der Waals surface area contributed by atoms with Gasteiger partial charge < -0.3 is 5.32 Å². The minimum absolute atomic E-state index is 0.164. The second-order valence-corrected chi connectivity index (χ2v) is 6.10. The quantitative estimate of drug-likeness (QED) is 0.926. The van der Waals surface area contributed by atoms with E-state index in [0.717, 1.165) is 37.5 Å². The van der Waals surface area contributed by atoms with Crippen LogP contribution in [0.3, 0.4) is 0 Å². The topological polar surface area (TPSA) is 32.3 Å². The molecule has 1 heterocycles. The first-order chi connectivity index (χ1) is 9.58. The molecule has 4 heteroatoms. The van der Waals surface area contributed by atoms with E-state index < -0.39 is 0 Å². The lowest BCUT2D eigenvalue weighted by atomic mass is 9.93. The first kappa shape index (κ1) is 15.3. The Morgan fingerprint density at radius 1 is 1.40 bits per heavy atom. The maximum Gasteiger partial charge on any atom is 0.220 e. The highest BCUT2D eigenvalue weighted by Gasteiger charge is 2.21. The molecule has 2 rings (SSSR count). The number of aryl methyl sites for hydroxylation is 1. The molecule has 0 atom stereocenters. The molecule has 1 aliphatic heterocycles. The summed E-state index contributed by atoms with van der Waals surface area (Å²) in [5, 5.41) is 3.51. The highest BCUT2D eigenvalue weighted by Crippen LogP contribution is 2.23. The van der Waals surface area contributed by atoms with E-state index in [-0.39, 0.29) is 5.91 Å². The Morgan fingerprint density at radius 3 is 2.70 bits per heavy atom. The number of halogens is 1. The molecular formula is C16H23ClN2O. The van der Waals surface area contributed by atoms with E-state index >= 15 is 0 Å². The fourth-order valence-corrected chi connectivity index (χ4v) is 3.02. The van der Waals surface area contributed by atoms with Crippen molar-refractivity contribution in [3.8, 4) is 0 Å². The maximum atomic E-state index is 11.4. The summed E-state index contributed by atoms with van der Waals surface area (Å²) in [6.45, 7) is 5.24. The van der Waals surface area contributed by atoms with Gasteiger partial charge in [0.15, 0.2) is 0 Å². The second kappa shape index (κ2) is 7.09. The summed E-state index contributed by atoms with van der Waals surface area (Å²) in [7, 11) is 1.71. The van der Waals surface area contributed by atoms with E-state index in [4.69, 9.17) is 11.6 Å². The van der Waals surface area contributed by atoms with Crippen molar-refractivity contribution in [3.63, 3.8) is 0 Å². The van der Waals surface area contributed by atoms with Gasteiger partial charge in [0.25, 0.3) is 0 Å². The lowest BCUT2D eigenvalue weighted by molar-refractivity contribution is -0.121. The third-order valence-electron chi connectivity index (χ3n) is 4.16. The summed E-state index contributed by atoms with van der Waals surface area (Å²) < 4.78 is 0. The molecule has 0 bridgehead atoms. The van der Waals surface area contributed by atoms with Crippen LogP contribution in [0, 0.1) is 12.8 Å². The second-order valence-electron chi connectivity index (χ2n) is 5.67. The summed E-state index contributed by atoms with van der Waals surface area (Å²) >= 11 is 5.99. The highest BCUT2D eigenvalue weighted by atomic mass is 35.5. The zero-order valence-corrected chi connectivity index (χ0v) is 13.0. The van der Waals surface area contributed by atoms with Gasteiger partial charge in [0, 0.05) is 25.0 Å². The minimum Gasteiger partial charge on any atom is -0.359 e. The molecule has 1 N–H and O–H groups in total. The van der Waals surface area contributed by atoms with Gasteiger partial charge in [-0.1, -0.05) is 17.7 Å². The number of hydrogen-bond acceptors (Lipinski definition) is 2. The van der Waals surface area contributed by atoms with Crippen molar-refractivity contribution in [3.05, 3.63) is 34.3 Å². The number of carbonyl (C=O) groups is 1. The number of nitrogens with one attached hydrogen (secondary N) is 1. The van der Waals surface area contributed by atoms with Crippen LogP contribution in [0.5, 0.6) is 0 Å². The summed E-state index contributed by atoms with van der Waals surface area (Å²) in [6, 6.07) is 6.10. The van der Waals surface area contributed by atoms with Crippen LogP contribution in [-0.4, -0.2) is 30.9 Å². The number of rotatable bonds is 4. The molecule has 0 unspecified atom stereocenters. The van der Waals surface area contributed by atoms with E-state index in [0.29, 0.717) is 12.3 Å². The largest absolute Gasteiger partial charge is 0.359 e. The van der Waals surface area contributed by atoms with Crippen molar-refractivity contribution in [2.45, 2.75) is 32.7 Å². The SMILES string of the molecule is CNC(=O)CC1CCN(Cc2ccc(Cl)cc2C)CC1. The highest BCUT2D eigenvalue weighted by molar-refractivity contribution is 6.30. The smallest absolute Gasteiger partial charge is 0.220 e. The van der Waals surface area contributed by atoms with E-state index in [2.05, 4.69) is 23.2 Å².